The minimum absolute atomic E-state index is 0. The Morgan fingerprint density at radius 1 is 1.04 bits per heavy atom. The topological polar surface area (TPSA) is 32.3 Å². The van der Waals surface area contributed by atoms with E-state index in [-0.39, 0.29) is 12.4 Å². The summed E-state index contributed by atoms with van der Waals surface area (Å²) in [6.07, 6.45) is 2.28. The van der Waals surface area contributed by atoms with E-state index in [1.165, 1.54) is 22.6 Å². The lowest BCUT2D eigenvalue weighted by atomic mass is 10.2. The van der Waals surface area contributed by atoms with Crippen LogP contribution >= 0.6 is 11.8 Å². The quantitative estimate of drug-likeness (QED) is 0.459. The van der Waals surface area contributed by atoms with Crippen LogP contribution in [0.5, 0.6) is 0 Å². The largest absolute Gasteiger partial charge is 1.00 e. The molecule has 0 aromatic heterocycles. The van der Waals surface area contributed by atoms with Crippen molar-refractivity contribution in [3.05, 3.63) is 41.8 Å². The summed E-state index contributed by atoms with van der Waals surface area (Å²) in [6.45, 7) is 8.79. The SMILES string of the molecule is CCCN(CCC)c1ccc2nc3ccc(=[N+]4CCSCC4)cc-3oc2c1.[Cl-]. The van der Waals surface area contributed by atoms with Crippen molar-refractivity contribution in [2.75, 3.05) is 42.6 Å². The number of halogens is 1. The zero-order valence-corrected chi connectivity index (χ0v) is 18.2. The van der Waals surface area contributed by atoms with E-state index in [4.69, 9.17) is 9.40 Å². The third kappa shape index (κ3) is 4.47. The molecule has 28 heavy (non-hydrogen) atoms. The lowest BCUT2D eigenvalue weighted by molar-refractivity contribution is -0.00000602. The van der Waals surface area contributed by atoms with Crippen molar-refractivity contribution in [1.29, 1.82) is 0 Å². The molecule has 0 radical (unpaired) electrons. The molecule has 1 fully saturated rings. The predicted octanol–water partition coefficient (Wildman–Crippen LogP) is 1.08. The molecule has 0 amide bonds. The Kier molecular flexibility index (Phi) is 7.24. The fourth-order valence-electron chi connectivity index (χ4n) is 3.73. The lowest BCUT2D eigenvalue weighted by Crippen LogP contribution is -3.00. The molecule has 1 aromatic rings. The molecule has 0 bridgehead atoms. The summed E-state index contributed by atoms with van der Waals surface area (Å²) in [6, 6.07) is 12.8. The summed E-state index contributed by atoms with van der Waals surface area (Å²) >= 11 is 2.03. The Bertz CT molecular complexity index is 957. The van der Waals surface area contributed by atoms with Gasteiger partial charge in [0.2, 0.25) is 5.36 Å². The average Bonchev–Trinajstić information content (AvgIpc) is 2.72. The average molecular weight is 418 g/mol. The van der Waals surface area contributed by atoms with Gasteiger partial charge in [-0.2, -0.15) is 0 Å². The van der Waals surface area contributed by atoms with Gasteiger partial charge in [0.1, 0.15) is 11.2 Å². The Balaban J connectivity index is 0.00000225. The number of anilines is 1. The van der Waals surface area contributed by atoms with Crippen molar-refractivity contribution in [1.82, 2.24) is 9.56 Å². The molecule has 2 heterocycles. The number of rotatable bonds is 5. The molecular weight excluding hydrogens is 390 g/mol. The highest BCUT2D eigenvalue weighted by Crippen LogP contribution is 2.27. The monoisotopic (exact) mass is 417 g/mol. The van der Waals surface area contributed by atoms with E-state index in [2.05, 4.69) is 59.7 Å². The summed E-state index contributed by atoms with van der Waals surface area (Å²) in [4.78, 5) is 7.25. The fourth-order valence-corrected chi connectivity index (χ4v) is 4.63. The van der Waals surface area contributed by atoms with Gasteiger partial charge in [0.25, 0.3) is 0 Å². The molecule has 150 valence electrons. The molecule has 1 saturated heterocycles. The van der Waals surface area contributed by atoms with Gasteiger partial charge in [0, 0.05) is 30.9 Å². The van der Waals surface area contributed by atoms with Gasteiger partial charge in [0.15, 0.2) is 24.4 Å². The van der Waals surface area contributed by atoms with E-state index in [0.29, 0.717) is 0 Å². The molecule has 0 unspecified atom stereocenters. The van der Waals surface area contributed by atoms with Crippen LogP contribution in [0.15, 0.2) is 40.8 Å². The summed E-state index contributed by atoms with van der Waals surface area (Å²) in [5, 5.41) is 1.24. The predicted molar refractivity (Wildman–Crippen MR) is 116 cm³/mol. The van der Waals surface area contributed by atoms with E-state index < -0.39 is 0 Å². The Morgan fingerprint density at radius 2 is 1.79 bits per heavy atom. The number of aromatic nitrogens is 1. The number of fused-ring (bicyclic) bond motifs is 2. The first-order chi connectivity index (χ1) is 13.3. The molecule has 0 spiro atoms. The Morgan fingerprint density at radius 3 is 2.50 bits per heavy atom. The van der Waals surface area contributed by atoms with Crippen LogP contribution in [0.25, 0.3) is 22.6 Å². The Hall–Kier alpha value is -1.72. The van der Waals surface area contributed by atoms with Gasteiger partial charge in [0.05, 0.1) is 17.6 Å². The number of benzene rings is 2. The van der Waals surface area contributed by atoms with Gasteiger partial charge in [-0.05, 0) is 31.0 Å². The van der Waals surface area contributed by atoms with E-state index in [1.54, 1.807) is 0 Å². The van der Waals surface area contributed by atoms with Gasteiger partial charge in [-0.15, -0.1) is 11.8 Å². The molecule has 4 nitrogen and oxygen atoms in total. The minimum atomic E-state index is 0. The second kappa shape index (κ2) is 9.66. The summed E-state index contributed by atoms with van der Waals surface area (Å²) in [5.74, 6) is 3.26. The van der Waals surface area contributed by atoms with Gasteiger partial charge in [-0.25, -0.2) is 9.56 Å². The number of thioether (sulfide) groups is 1. The molecule has 1 aliphatic carbocycles. The zero-order valence-electron chi connectivity index (χ0n) is 16.7. The highest BCUT2D eigenvalue weighted by atomic mass is 35.5. The summed E-state index contributed by atoms with van der Waals surface area (Å²) < 4.78 is 8.74. The maximum Gasteiger partial charge on any atom is 0.203 e. The second-order valence-electron chi connectivity index (χ2n) is 7.10. The van der Waals surface area contributed by atoms with E-state index in [9.17, 15) is 0 Å². The highest BCUT2D eigenvalue weighted by Gasteiger charge is 2.16. The van der Waals surface area contributed by atoms with Gasteiger partial charge in [-0.3, -0.25) is 0 Å². The summed E-state index contributed by atoms with van der Waals surface area (Å²) in [5.41, 5.74) is 3.93. The normalized spacial score (nSPS) is 14.3. The number of hydrogen-bond acceptors (Lipinski definition) is 4. The van der Waals surface area contributed by atoms with Gasteiger partial charge < -0.3 is 21.7 Å². The first-order valence-electron chi connectivity index (χ1n) is 10.0. The van der Waals surface area contributed by atoms with Crippen LogP contribution in [0, 0.1) is 0 Å². The zero-order chi connectivity index (χ0) is 18.6. The van der Waals surface area contributed by atoms with Crippen LogP contribution in [-0.4, -0.2) is 42.7 Å². The molecule has 4 rings (SSSR count). The van der Waals surface area contributed by atoms with Gasteiger partial charge >= 0.3 is 0 Å². The minimum Gasteiger partial charge on any atom is -1.00 e. The van der Waals surface area contributed by atoms with Crippen molar-refractivity contribution in [3.63, 3.8) is 0 Å². The molecule has 1 aromatic carbocycles. The summed E-state index contributed by atoms with van der Waals surface area (Å²) in [7, 11) is 0. The molecule has 0 saturated carbocycles. The maximum atomic E-state index is 6.30. The van der Waals surface area contributed by atoms with Crippen molar-refractivity contribution in [2.45, 2.75) is 26.7 Å². The van der Waals surface area contributed by atoms with Crippen molar-refractivity contribution in [2.24, 2.45) is 0 Å². The fraction of sp³-hybridized carbons (Fsp3) is 0.455. The van der Waals surface area contributed by atoms with Crippen molar-refractivity contribution >= 4 is 28.5 Å². The molecule has 2 aliphatic heterocycles. The van der Waals surface area contributed by atoms with E-state index in [1.807, 2.05) is 11.8 Å². The van der Waals surface area contributed by atoms with Crippen LogP contribution in [0.3, 0.4) is 0 Å². The van der Waals surface area contributed by atoms with Crippen LogP contribution in [0.4, 0.5) is 5.69 Å². The van der Waals surface area contributed by atoms with E-state index in [0.717, 1.165) is 61.6 Å². The van der Waals surface area contributed by atoms with Crippen LogP contribution < -0.4 is 27.2 Å². The molecule has 6 heteroatoms. The van der Waals surface area contributed by atoms with E-state index >= 15 is 0 Å². The van der Waals surface area contributed by atoms with Crippen LogP contribution in [-0.2, 0) is 0 Å². The molecular formula is C22H28ClN3OS. The Labute approximate surface area is 177 Å². The third-order valence-corrected chi connectivity index (χ3v) is 6.02. The number of nitrogens with zero attached hydrogens (tertiary/aromatic N) is 3. The first-order valence-corrected chi connectivity index (χ1v) is 11.2. The first kappa shape index (κ1) is 21.0. The highest BCUT2D eigenvalue weighted by molar-refractivity contribution is 7.99. The molecule has 0 N–H and O–H groups in total. The van der Waals surface area contributed by atoms with Gasteiger partial charge in [-0.1, -0.05) is 13.8 Å². The molecule has 3 aliphatic rings. The maximum absolute atomic E-state index is 6.30. The number of hydrogen-bond donors (Lipinski definition) is 0. The third-order valence-electron chi connectivity index (χ3n) is 5.08. The smallest absolute Gasteiger partial charge is 0.203 e. The van der Waals surface area contributed by atoms with Crippen LogP contribution in [0.1, 0.15) is 26.7 Å². The van der Waals surface area contributed by atoms with Crippen molar-refractivity contribution < 1.29 is 16.8 Å². The lowest BCUT2D eigenvalue weighted by Gasteiger charge is -2.23. The van der Waals surface area contributed by atoms with Crippen molar-refractivity contribution in [3.8, 4) is 11.5 Å². The standard InChI is InChI=1S/C22H28N3OS.ClH/c1-3-9-24(10-4-2)17-5-7-19-21(15-17)26-22-16-18(6-8-20(22)23-19)25-11-13-27-14-12-25;/h5-8,15-16H,3-4,9-14H2,1-2H3;1H/q+1;/p-1. The molecule has 0 atom stereocenters. The van der Waals surface area contributed by atoms with Crippen LogP contribution in [0.2, 0.25) is 0 Å². The second-order valence-corrected chi connectivity index (χ2v) is 8.33.